The first kappa shape index (κ1) is 14.5. The van der Waals surface area contributed by atoms with Gasteiger partial charge < -0.3 is 0 Å². The maximum absolute atomic E-state index is 12.0. The first-order valence-corrected chi connectivity index (χ1v) is 7.57. The Morgan fingerprint density at radius 3 is 2.35 bits per heavy atom. The molecule has 0 saturated carbocycles. The SMILES string of the molecule is C/C(=N\NS(=O)(=O)c1ccc(Cl)cc1)c1ccncc1. The molecule has 0 unspecified atom stereocenters. The zero-order valence-electron chi connectivity index (χ0n) is 10.6. The summed E-state index contributed by atoms with van der Waals surface area (Å²) in [5.74, 6) is 0. The number of benzene rings is 1. The molecular weight excluding hydrogens is 298 g/mol. The lowest BCUT2D eigenvalue weighted by Crippen LogP contribution is -2.19. The van der Waals surface area contributed by atoms with Gasteiger partial charge in [-0.3, -0.25) is 4.98 Å². The summed E-state index contributed by atoms with van der Waals surface area (Å²) < 4.78 is 24.0. The van der Waals surface area contributed by atoms with Gasteiger partial charge in [-0.2, -0.15) is 18.4 Å². The fraction of sp³-hybridized carbons (Fsp3) is 0.0769. The summed E-state index contributed by atoms with van der Waals surface area (Å²) in [5, 5.41) is 4.36. The number of rotatable bonds is 4. The highest BCUT2D eigenvalue weighted by Gasteiger charge is 2.12. The molecule has 0 aliphatic heterocycles. The van der Waals surface area contributed by atoms with Crippen molar-refractivity contribution in [3.8, 4) is 0 Å². The van der Waals surface area contributed by atoms with Crippen LogP contribution < -0.4 is 4.83 Å². The molecule has 7 heteroatoms. The van der Waals surface area contributed by atoms with E-state index in [-0.39, 0.29) is 4.90 Å². The molecule has 1 N–H and O–H groups in total. The van der Waals surface area contributed by atoms with E-state index in [9.17, 15) is 8.42 Å². The molecule has 2 rings (SSSR count). The van der Waals surface area contributed by atoms with Crippen molar-refractivity contribution in [3.63, 3.8) is 0 Å². The van der Waals surface area contributed by atoms with Crippen molar-refractivity contribution in [1.29, 1.82) is 0 Å². The third kappa shape index (κ3) is 3.55. The highest BCUT2D eigenvalue weighted by atomic mass is 35.5. The molecule has 0 radical (unpaired) electrons. The van der Waals surface area contributed by atoms with Gasteiger partial charge in [-0.1, -0.05) is 11.6 Å². The van der Waals surface area contributed by atoms with E-state index in [4.69, 9.17) is 11.6 Å². The van der Waals surface area contributed by atoms with Crippen molar-refractivity contribution < 1.29 is 8.42 Å². The monoisotopic (exact) mass is 309 g/mol. The number of sulfonamides is 1. The molecule has 5 nitrogen and oxygen atoms in total. The summed E-state index contributed by atoms with van der Waals surface area (Å²) in [6, 6.07) is 9.35. The van der Waals surface area contributed by atoms with Crippen LogP contribution in [0.25, 0.3) is 0 Å². The summed E-state index contributed by atoms with van der Waals surface area (Å²) in [4.78, 5) is 6.18. The van der Waals surface area contributed by atoms with Crippen LogP contribution >= 0.6 is 11.6 Å². The molecule has 0 aliphatic rings. The lowest BCUT2D eigenvalue weighted by Gasteiger charge is -2.05. The standard InChI is InChI=1S/C13H12ClN3O2S/c1-10(11-6-8-15-9-7-11)16-17-20(18,19)13-4-2-12(14)3-5-13/h2-9,17H,1H3/b16-10+. The lowest BCUT2D eigenvalue weighted by molar-refractivity contribution is 0.584. The summed E-state index contributed by atoms with van der Waals surface area (Å²) in [5.41, 5.74) is 1.34. The topological polar surface area (TPSA) is 71.4 Å². The Kier molecular flexibility index (Phi) is 4.36. The Morgan fingerprint density at radius 1 is 1.15 bits per heavy atom. The van der Waals surface area contributed by atoms with Crippen molar-refractivity contribution in [2.24, 2.45) is 5.10 Å². The molecule has 0 aliphatic carbocycles. The Labute approximate surface area is 122 Å². The van der Waals surface area contributed by atoms with Crippen LogP contribution in [0.15, 0.2) is 58.8 Å². The van der Waals surface area contributed by atoms with Gasteiger partial charge in [-0.05, 0) is 43.3 Å². The largest absolute Gasteiger partial charge is 0.276 e. The second-order valence-electron chi connectivity index (χ2n) is 3.98. The Hall–Kier alpha value is -1.92. The van der Waals surface area contributed by atoms with E-state index in [1.807, 2.05) is 0 Å². The van der Waals surface area contributed by atoms with Gasteiger partial charge in [0.05, 0.1) is 10.6 Å². The second kappa shape index (κ2) is 6.02. The molecule has 1 heterocycles. The molecule has 0 spiro atoms. The average molecular weight is 310 g/mol. The molecule has 0 bridgehead atoms. The Bertz CT molecular complexity index is 713. The number of aromatic nitrogens is 1. The molecule has 2 aromatic rings. The Morgan fingerprint density at radius 2 is 1.75 bits per heavy atom. The number of hydrazone groups is 1. The minimum absolute atomic E-state index is 0.105. The number of hydrogen-bond acceptors (Lipinski definition) is 4. The van der Waals surface area contributed by atoms with E-state index in [1.165, 1.54) is 24.3 Å². The van der Waals surface area contributed by atoms with Crippen LogP contribution in [-0.4, -0.2) is 19.1 Å². The second-order valence-corrected chi connectivity index (χ2v) is 6.08. The molecule has 20 heavy (non-hydrogen) atoms. The normalized spacial score (nSPS) is 12.2. The van der Waals surface area contributed by atoms with Crippen molar-refractivity contribution in [3.05, 3.63) is 59.4 Å². The van der Waals surface area contributed by atoms with Gasteiger partial charge >= 0.3 is 0 Å². The van der Waals surface area contributed by atoms with Crippen molar-refractivity contribution in [2.75, 3.05) is 0 Å². The van der Waals surface area contributed by atoms with E-state index >= 15 is 0 Å². The maximum atomic E-state index is 12.0. The van der Waals surface area contributed by atoms with E-state index in [0.717, 1.165) is 5.56 Å². The first-order valence-electron chi connectivity index (χ1n) is 5.71. The number of nitrogens with one attached hydrogen (secondary N) is 1. The lowest BCUT2D eigenvalue weighted by atomic mass is 10.2. The predicted octanol–water partition coefficient (Wildman–Crippen LogP) is 2.44. The van der Waals surface area contributed by atoms with Gasteiger partial charge in [0, 0.05) is 23.0 Å². The van der Waals surface area contributed by atoms with Crippen molar-refractivity contribution in [2.45, 2.75) is 11.8 Å². The molecule has 0 amide bonds. The van der Waals surface area contributed by atoms with Gasteiger partial charge in [-0.15, -0.1) is 0 Å². The summed E-state index contributed by atoms with van der Waals surface area (Å²) in [6.45, 7) is 1.71. The van der Waals surface area contributed by atoms with Crippen LogP contribution in [0.3, 0.4) is 0 Å². The van der Waals surface area contributed by atoms with Crippen LogP contribution in [-0.2, 0) is 10.0 Å². The van der Waals surface area contributed by atoms with Crippen molar-refractivity contribution >= 4 is 27.3 Å². The van der Waals surface area contributed by atoms with Gasteiger partial charge in [0.1, 0.15) is 0 Å². The minimum atomic E-state index is -3.69. The maximum Gasteiger partial charge on any atom is 0.276 e. The van der Waals surface area contributed by atoms with Crippen molar-refractivity contribution in [1.82, 2.24) is 9.82 Å². The summed E-state index contributed by atoms with van der Waals surface area (Å²) in [7, 11) is -3.69. The Balaban J connectivity index is 2.19. The third-order valence-corrected chi connectivity index (χ3v) is 4.03. The summed E-state index contributed by atoms with van der Waals surface area (Å²) in [6.07, 6.45) is 3.23. The van der Waals surface area contributed by atoms with Crippen LogP contribution in [0.5, 0.6) is 0 Å². The molecule has 0 fully saturated rings. The quantitative estimate of drug-likeness (QED) is 0.696. The fourth-order valence-corrected chi connectivity index (χ4v) is 2.44. The molecule has 1 aromatic heterocycles. The van der Waals surface area contributed by atoms with Gasteiger partial charge in [0.25, 0.3) is 10.0 Å². The smallest absolute Gasteiger partial charge is 0.265 e. The molecule has 1 aromatic carbocycles. The van der Waals surface area contributed by atoms with E-state index in [2.05, 4.69) is 14.9 Å². The van der Waals surface area contributed by atoms with E-state index < -0.39 is 10.0 Å². The molecule has 0 saturated heterocycles. The summed E-state index contributed by atoms with van der Waals surface area (Å²) >= 11 is 5.72. The third-order valence-electron chi connectivity index (χ3n) is 2.56. The first-order chi connectivity index (χ1) is 9.49. The molecule has 104 valence electrons. The van der Waals surface area contributed by atoms with Crippen LogP contribution in [0, 0.1) is 0 Å². The zero-order chi connectivity index (χ0) is 14.6. The van der Waals surface area contributed by atoms with Gasteiger partial charge in [0.15, 0.2) is 0 Å². The fourth-order valence-electron chi connectivity index (χ4n) is 1.45. The van der Waals surface area contributed by atoms with Crippen LogP contribution in [0.2, 0.25) is 5.02 Å². The number of halogens is 1. The molecular formula is C13H12ClN3O2S. The van der Waals surface area contributed by atoms with Gasteiger partial charge in [-0.25, -0.2) is 0 Å². The number of hydrogen-bond donors (Lipinski definition) is 1. The van der Waals surface area contributed by atoms with E-state index in [1.54, 1.807) is 31.5 Å². The van der Waals surface area contributed by atoms with E-state index in [0.29, 0.717) is 10.7 Å². The van der Waals surface area contributed by atoms with Gasteiger partial charge in [0.2, 0.25) is 0 Å². The predicted molar refractivity (Wildman–Crippen MR) is 78.2 cm³/mol. The average Bonchev–Trinajstić information content (AvgIpc) is 2.46. The number of nitrogens with zero attached hydrogens (tertiary/aromatic N) is 2. The van der Waals surface area contributed by atoms with Crippen LogP contribution in [0.4, 0.5) is 0 Å². The minimum Gasteiger partial charge on any atom is -0.265 e. The number of pyridine rings is 1. The molecule has 0 atom stereocenters. The zero-order valence-corrected chi connectivity index (χ0v) is 12.2. The highest BCUT2D eigenvalue weighted by Crippen LogP contribution is 2.13. The highest BCUT2D eigenvalue weighted by molar-refractivity contribution is 7.89. The van der Waals surface area contributed by atoms with Crippen LogP contribution in [0.1, 0.15) is 12.5 Å².